The first-order chi connectivity index (χ1) is 17.8. The molecule has 0 aromatic heterocycles. The number of amides is 1. The van der Waals surface area contributed by atoms with Crippen LogP contribution in [0.4, 0.5) is 11.4 Å². The zero-order valence-corrected chi connectivity index (χ0v) is 23.1. The van der Waals surface area contributed by atoms with Gasteiger partial charge in [0.1, 0.15) is 11.5 Å². The standard InChI is InChI=1S/C30H35NO5Si/c1-20-28(37(4,5)24-14-11-22(34-2)12-15-24)27(17-18-32)36-30(20)25-19-23(35-3)13-16-26(25)31(29(30)33)21-9-7-6-8-10-21/h6-16,19-20,27-28,32H,17-18H2,1-5H3/t20-,27+,28-,30+/m0/s1. The number of anilines is 2. The fraction of sp³-hybridized carbons (Fsp3) is 0.367. The molecule has 0 aliphatic carbocycles. The Kier molecular flexibility index (Phi) is 6.64. The molecule has 1 spiro atoms. The molecular weight excluding hydrogens is 482 g/mol. The minimum Gasteiger partial charge on any atom is -0.497 e. The van der Waals surface area contributed by atoms with E-state index >= 15 is 0 Å². The van der Waals surface area contributed by atoms with E-state index < -0.39 is 13.7 Å². The summed E-state index contributed by atoms with van der Waals surface area (Å²) in [4.78, 5) is 16.3. The molecule has 0 saturated carbocycles. The maximum atomic E-state index is 14.5. The number of nitrogens with zero attached hydrogens (tertiary/aromatic N) is 1. The van der Waals surface area contributed by atoms with Crippen LogP contribution in [0.1, 0.15) is 18.9 Å². The van der Waals surface area contributed by atoms with E-state index in [1.807, 2.05) is 60.7 Å². The van der Waals surface area contributed by atoms with E-state index in [0.29, 0.717) is 12.2 Å². The number of para-hydroxylation sites is 1. The Balaban J connectivity index is 1.66. The smallest absolute Gasteiger partial charge is 0.268 e. The molecule has 7 heteroatoms. The van der Waals surface area contributed by atoms with Crippen molar-refractivity contribution in [3.8, 4) is 11.5 Å². The van der Waals surface area contributed by atoms with E-state index in [4.69, 9.17) is 14.2 Å². The van der Waals surface area contributed by atoms with Crippen LogP contribution < -0.4 is 19.6 Å². The molecule has 3 aromatic rings. The first-order valence-corrected chi connectivity index (χ1v) is 15.9. The molecule has 37 heavy (non-hydrogen) atoms. The molecule has 0 unspecified atom stereocenters. The maximum absolute atomic E-state index is 14.5. The average Bonchev–Trinajstić information content (AvgIpc) is 3.35. The number of ether oxygens (including phenoxy) is 3. The van der Waals surface area contributed by atoms with E-state index in [0.717, 1.165) is 22.7 Å². The third kappa shape index (κ3) is 3.88. The third-order valence-corrected chi connectivity index (χ3v) is 12.7. The second-order valence-electron chi connectivity index (χ2n) is 10.5. The number of benzene rings is 3. The van der Waals surface area contributed by atoms with E-state index in [2.05, 4.69) is 32.2 Å². The van der Waals surface area contributed by atoms with E-state index in [9.17, 15) is 9.90 Å². The van der Waals surface area contributed by atoms with Crippen LogP contribution in [-0.4, -0.2) is 46.0 Å². The molecular formula is C30H35NO5Si. The van der Waals surface area contributed by atoms with Gasteiger partial charge in [0.25, 0.3) is 5.91 Å². The van der Waals surface area contributed by atoms with Crippen molar-refractivity contribution in [1.29, 1.82) is 0 Å². The quantitative estimate of drug-likeness (QED) is 0.448. The van der Waals surface area contributed by atoms with Gasteiger partial charge in [-0.05, 0) is 54.4 Å². The molecule has 1 N–H and O–H groups in total. The van der Waals surface area contributed by atoms with Crippen molar-refractivity contribution < 1.29 is 24.1 Å². The normalized spacial score (nSPS) is 25.0. The second-order valence-corrected chi connectivity index (χ2v) is 15.2. The van der Waals surface area contributed by atoms with Crippen LogP contribution in [-0.2, 0) is 15.1 Å². The maximum Gasteiger partial charge on any atom is 0.268 e. The van der Waals surface area contributed by atoms with Gasteiger partial charge in [0.15, 0.2) is 5.60 Å². The molecule has 6 nitrogen and oxygen atoms in total. The van der Waals surface area contributed by atoms with Crippen molar-refractivity contribution in [2.45, 2.75) is 43.7 Å². The summed E-state index contributed by atoms with van der Waals surface area (Å²) in [5.74, 6) is 1.29. The summed E-state index contributed by atoms with van der Waals surface area (Å²) in [5, 5.41) is 11.3. The number of carbonyl (C=O) groups excluding carboxylic acids is 1. The highest BCUT2D eigenvalue weighted by atomic mass is 28.3. The summed E-state index contributed by atoms with van der Waals surface area (Å²) in [6, 6.07) is 23.8. The van der Waals surface area contributed by atoms with Crippen molar-refractivity contribution in [3.63, 3.8) is 0 Å². The van der Waals surface area contributed by atoms with Crippen molar-refractivity contribution in [3.05, 3.63) is 78.4 Å². The highest BCUT2D eigenvalue weighted by Crippen LogP contribution is 2.61. The fourth-order valence-electron chi connectivity index (χ4n) is 6.58. The number of aliphatic hydroxyl groups is 1. The molecule has 1 fully saturated rings. The lowest BCUT2D eigenvalue weighted by molar-refractivity contribution is -0.145. The number of rotatable bonds is 7. The van der Waals surface area contributed by atoms with E-state index in [-0.39, 0.29) is 30.1 Å². The minimum absolute atomic E-state index is 0.00137. The third-order valence-electron chi connectivity index (χ3n) is 8.38. The topological polar surface area (TPSA) is 68.2 Å². The molecule has 3 aromatic carbocycles. The van der Waals surface area contributed by atoms with Gasteiger partial charge in [-0.1, -0.05) is 55.5 Å². The summed E-state index contributed by atoms with van der Waals surface area (Å²) in [6.45, 7) is 6.82. The molecule has 2 aliphatic heterocycles. The molecule has 194 valence electrons. The largest absolute Gasteiger partial charge is 0.497 e. The van der Waals surface area contributed by atoms with Crippen LogP contribution >= 0.6 is 0 Å². The van der Waals surface area contributed by atoms with Gasteiger partial charge in [0.05, 0.1) is 34.1 Å². The molecule has 1 amide bonds. The Morgan fingerprint density at radius 2 is 1.62 bits per heavy atom. The average molecular weight is 518 g/mol. The van der Waals surface area contributed by atoms with Gasteiger partial charge >= 0.3 is 0 Å². The SMILES string of the molecule is COc1ccc([Si](C)(C)[C@@H]2[C@@H](CCO)O[C@]3(C(=O)N(c4ccccc4)c4ccc(OC)cc43)[C@H]2C)cc1. The molecule has 2 heterocycles. The molecule has 4 atom stereocenters. The van der Waals surface area contributed by atoms with Gasteiger partial charge in [-0.2, -0.15) is 0 Å². The monoisotopic (exact) mass is 517 g/mol. The van der Waals surface area contributed by atoms with Crippen LogP contribution in [0.3, 0.4) is 0 Å². The van der Waals surface area contributed by atoms with Crippen LogP contribution in [0, 0.1) is 5.92 Å². The molecule has 2 aliphatic rings. The number of hydrogen-bond donors (Lipinski definition) is 1. The molecule has 0 bridgehead atoms. The summed E-state index contributed by atoms with van der Waals surface area (Å²) in [5.41, 5.74) is 1.38. The van der Waals surface area contributed by atoms with Gasteiger partial charge in [-0.3, -0.25) is 9.69 Å². The summed E-state index contributed by atoms with van der Waals surface area (Å²) in [7, 11) is 1.10. The molecule has 1 saturated heterocycles. The fourth-order valence-corrected chi connectivity index (χ4v) is 10.6. The zero-order valence-electron chi connectivity index (χ0n) is 22.1. The summed E-state index contributed by atoms with van der Waals surface area (Å²) < 4.78 is 17.9. The Bertz CT molecular complexity index is 1280. The number of methoxy groups -OCH3 is 2. The van der Waals surface area contributed by atoms with Gasteiger partial charge in [0.2, 0.25) is 0 Å². The highest BCUT2D eigenvalue weighted by Gasteiger charge is 2.66. The van der Waals surface area contributed by atoms with Gasteiger partial charge in [-0.15, -0.1) is 0 Å². The first-order valence-electron chi connectivity index (χ1n) is 12.8. The van der Waals surface area contributed by atoms with Gasteiger partial charge in [0, 0.05) is 23.8 Å². The second kappa shape index (κ2) is 9.63. The number of aliphatic hydroxyl groups excluding tert-OH is 1. The van der Waals surface area contributed by atoms with Gasteiger partial charge in [-0.25, -0.2) is 0 Å². The van der Waals surface area contributed by atoms with Crippen LogP contribution in [0.15, 0.2) is 72.8 Å². The Labute approximate surface area is 219 Å². The number of carbonyl (C=O) groups is 1. The number of fused-ring (bicyclic) bond motifs is 2. The van der Waals surface area contributed by atoms with Crippen LogP contribution in [0.5, 0.6) is 11.5 Å². The van der Waals surface area contributed by atoms with Crippen molar-refractivity contribution in [1.82, 2.24) is 0 Å². The lowest BCUT2D eigenvalue weighted by atomic mass is 9.82. The molecule has 5 rings (SSSR count). The predicted molar refractivity (Wildman–Crippen MR) is 148 cm³/mol. The summed E-state index contributed by atoms with van der Waals surface area (Å²) in [6.07, 6.45) is 0.212. The summed E-state index contributed by atoms with van der Waals surface area (Å²) >= 11 is 0. The Morgan fingerprint density at radius 3 is 2.24 bits per heavy atom. The zero-order chi connectivity index (χ0) is 26.4. The lowest BCUT2D eigenvalue weighted by Crippen LogP contribution is -2.51. The van der Waals surface area contributed by atoms with E-state index in [1.165, 1.54) is 5.19 Å². The van der Waals surface area contributed by atoms with E-state index in [1.54, 1.807) is 19.1 Å². The Hall–Kier alpha value is -3.13. The van der Waals surface area contributed by atoms with Gasteiger partial charge < -0.3 is 19.3 Å². The molecule has 0 radical (unpaired) electrons. The minimum atomic E-state index is -2.21. The van der Waals surface area contributed by atoms with Crippen LogP contribution in [0.2, 0.25) is 18.6 Å². The van der Waals surface area contributed by atoms with Crippen molar-refractivity contribution >= 4 is 30.5 Å². The van der Waals surface area contributed by atoms with Crippen LogP contribution in [0.25, 0.3) is 0 Å². The highest BCUT2D eigenvalue weighted by molar-refractivity contribution is 6.91. The first kappa shape index (κ1) is 25.5. The lowest BCUT2D eigenvalue weighted by Gasteiger charge is -2.37. The Morgan fingerprint density at radius 1 is 0.973 bits per heavy atom. The predicted octanol–water partition coefficient (Wildman–Crippen LogP) is 4.98. The van der Waals surface area contributed by atoms with Crippen molar-refractivity contribution in [2.24, 2.45) is 5.92 Å². The van der Waals surface area contributed by atoms with Crippen molar-refractivity contribution in [2.75, 3.05) is 25.7 Å². The number of hydrogen-bond acceptors (Lipinski definition) is 5.